The molecule has 0 saturated heterocycles. The van der Waals surface area contributed by atoms with E-state index in [4.69, 9.17) is 23.2 Å². The lowest BCUT2D eigenvalue weighted by atomic mass is 10.3. The Hall–Kier alpha value is -1.21. The van der Waals surface area contributed by atoms with Gasteiger partial charge in [-0.15, -0.1) is 11.8 Å². The maximum Gasteiger partial charge on any atom is 0.234 e. The maximum atomic E-state index is 12.0. The van der Waals surface area contributed by atoms with Crippen LogP contribution in [0.25, 0.3) is 0 Å². The van der Waals surface area contributed by atoms with Crippen LogP contribution in [0.1, 0.15) is 0 Å². The molecule has 1 amide bonds. The van der Waals surface area contributed by atoms with Crippen LogP contribution in [0.15, 0.2) is 52.3 Å². The van der Waals surface area contributed by atoms with Crippen LogP contribution in [-0.4, -0.2) is 26.3 Å². The highest BCUT2D eigenvalue weighted by molar-refractivity contribution is 8.00. The second-order valence-corrected chi connectivity index (χ2v) is 8.50. The van der Waals surface area contributed by atoms with E-state index >= 15 is 0 Å². The van der Waals surface area contributed by atoms with E-state index in [1.807, 2.05) is 0 Å². The molecule has 0 atom stereocenters. The molecule has 122 valence electrons. The molecule has 0 aliphatic rings. The summed E-state index contributed by atoms with van der Waals surface area (Å²) in [6.07, 6.45) is 1.13. The molecule has 0 radical (unpaired) electrons. The molecular formula is C15H13Cl2NO3S2. The predicted molar refractivity (Wildman–Crippen MR) is 95.4 cm³/mol. The molecule has 1 N–H and O–H groups in total. The number of thioether (sulfide) groups is 1. The van der Waals surface area contributed by atoms with Crippen LogP contribution in [0.3, 0.4) is 0 Å². The van der Waals surface area contributed by atoms with Gasteiger partial charge in [0.05, 0.1) is 20.7 Å². The molecule has 8 heteroatoms. The van der Waals surface area contributed by atoms with Gasteiger partial charge in [-0.05, 0) is 36.4 Å². The summed E-state index contributed by atoms with van der Waals surface area (Å²) < 4.78 is 22.7. The third kappa shape index (κ3) is 5.14. The fourth-order valence-electron chi connectivity index (χ4n) is 1.74. The Labute approximate surface area is 149 Å². The van der Waals surface area contributed by atoms with Crippen molar-refractivity contribution >= 4 is 56.4 Å². The largest absolute Gasteiger partial charge is 0.325 e. The number of anilines is 1. The first-order valence-corrected chi connectivity index (χ1v) is 10.1. The third-order valence-corrected chi connectivity index (χ3v) is 5.95. The number of sulfone groups is 1. The van der Waals surface area contributed by atoms with Crippen LogP contribution in [0.2, 0.25) is 10.0 Å². The van der Waals surface area contributed by atoms with Crippen molar-refractivity contribution in [2.75, 3.05) is 17.3 Å². The summed E-state index contributed by atoms with van der Waals surface area (Å²) in [6, 6.07) is 11.1. The number of hydrogen-bond donors (Lipinski definition) is 1. The van der Waals surface area contributed by atoms with Gasteiger partial charge in [0.1, 0.15) is 0 Å². The molecule has 2 rings (SSSR count). The number of benzene rings is 2. The highest BCUT2D eigenvalue weighted by Gasteiger charge is 2.10. The lowest BCUT2D eigenvalue weighted by Gasteiger charge is -2.08. The fraction of sp³-hybridized carbons (Fsp3) is 0.133. The van der Waals surface area contributed by atoms with Gasteiger partial charge < -0.3 is 5.32 Å². The lowest BCUT2D eigenvalue weighted by Crippen LogP contribution is -2.14. The number of hydrogen-bond acceptors (Lipinski definition) is 4. The summed E-state index contributed by atoms with van der Waals surface area (Å²) in [6.45, 7) is 0. The summed E-state index contributed by atoms with van der Waals surface area (Å²) in [7, 11) is -3.25. The second-order valence-electron chi connectivity index (χ2n) is 4.68. The SMILES string of the molecule is CS(=O)(=O)c1ccc(NC(=O)CSc2c(Cl)cccc2Cl)cc1. The van der Waals surface area contributed by atoms with E-state index in [1.165, 1.54) is 23.9 Å². The average molecular weight is 390 g/mol. The van der Waals surface area contributed by atoms with Gasteiger partial charge in [0.15, 0.2) is 9.84 Å². The zero-order valence-corrected chi connectivity index (χ0v) is 15.2. The van der Waals surface area contributed by atoms with Gasteiger partial charge in [-0.3, -0.25) is 4.79 Å². The fourth-order valence-corrected chi connectivity index (χ4v) is 3.86. The van der Waals surface area contributed by atoms with Crippen LogP contribution < -0.4 is 5.32 Å². The summed E-state index contributed by atoms with van der Waals surface area (Å²) in [5, 5.41) is 3.68. The molecule has 0 fully saturated rings. The monoisotopic (exact) mass is 389 g/mol. The van der Waals surface area contributed by atoms with Gasteiger partial charge in [-0.25, -0.2) is 8.42 Å². The van der Waals surface area contributed by atoms with Crippen molar-refractivity contribution in [1.82, 2.24) is 0 Å². The Morgan fingerprint density at radius 3 is 2.17 bits per heavy atom. The van der Waals surface area contributed by atoms with Crippen molar-refractivity contribution in [2.24, 2.45) is 0 Å². The van der Waals surface area contributed by atoms with Crippen molar-refractivity contribution in [3.63, 3.8) is 0 Å². The first-order chi connectivity index (χ1) is 10.8. The summed E-state index contributed by atoms with van der Waals surface area (Å²) in [4.78, 5) is 12.8. The minimum Gasteiger partial charge on any atom is -0.325 e. The second kappa shape index (κ2) is 7.57. The van der Waals surface area contributed by atoms with Crippen LogP contribution in [0.5, 0.6) is 0 Å². The zero-order chi connectivity index (χ0) is 17.0. The molecule has 0 spiro atoms. The highest BCUT2D eigenvalue weighted by Crippen LogP contribution is 2.33. The van der Waals surface area contributed by atoms with Crippen LogP contribution >= 0.6 is 35.0 Å². The number of carbonyl (C=O) groups excluding carboxylic acids is 1. The van der Waals surface area contributed by atoms with Gasteiger partial charge in [0.2, 0.25) is 5.91 Å². The van der Waals surface area contributed by atoms with Gasteiger partial charge in [0.25, 0.3) is 0 Å². The summed E-state index contributed by atoms with van der Waals surface area (Å²) in [5.41, 5.74) is 0.522. The first-order valence-electron chi connectivity index (χ1n) is 6.44. The van der Waals surface area contributed by atoms with E-state index in [1.54, 1.807) is 30.3 Å². The molecule has 0 bridgehead atoms. The predicted octanol–water partition coefficient (Wildman–Crippen LogP) is 4.13. The van der Waals surface area contributed by atoms with Crippen LogP contribution in [0, 0.1) is 0 Å². The molecule has 4 nitrogen and oxygen atoms in total. The molecule has 0 unspecified atom stereocenters. The van der Waals surface area contributed by atoms with E-state index < -0.39 is 9.84 Å². The number of halogens is 2. The van der Waals surface area contributed by atoms with Crippen molar-refractivity contribution in [1.29, 1.82) is 0 Å². The molecule has 2 aromatic rings. The summed E-state index contributed by atoms with van der Waals surface area (Å²) >= 11 is 13.3. The smallest absolute Gasteiger partial charge is 0.234 e. The van der Waals surface area contributed by atoms with Crippen LogP contribution in [-0.2, 0) is 14.6 Å². The molecule has 0 aliphatic heterocycles. The number of nitrogens with one attached hydrogen (secondary N) is 1. The molecule has 2 aromatic carbocycles. The number of amides is 1. The topological polar surface area (TPSA) is 63.2 Å². The third-order valence-electron chi connectivity index (χ3n) is 2.83. The van der Waals surface area contributed by atoms with Crippen molar-refractivity contribution in [2.45, 2.75) is 9.79 Å². The molecule has 0 heterocycles. The Balaban J connectivity index is 1.97. The van der Waals surface area contributed by atoms with Gasteiger partial charge in [0, 0.05) is 16.8 Å². The van der Waals surface area contributed by atoms with Gasteiger partial charge in [-0.1, -0.05) is 29.3 Å². The van der Waals surface area contributed by atoms with E-state index in [-0.39, 0.29) is 16.6 Å². The van der Waals surface area contributed by atoms with Gasteiger partial charge in [-0.2, -0.15) is 0 Å². The van der Waals surface area contributed by atoms with E-state index in [0.29, 0.717) is 20.6 Å². The zero-order valence-electron chi connectivity index (χ0n) is 12.0. The Morgan fingerprint density at radius 1 is 1.09 bits per heavy atom. The Bertz CT molecular complexity index is 801. The Kier molecular flexibility index (Phi) is 5.97. The minimum atomic E-state index is -3.25. The number of carbonyl (C=O) groups is 1. The summed E-state index contributed by atoms with van der Waals surface area (Å²) in [5.74, 6) is -0.102. The molecule has 0 aliphatic carbocycles. The quantitative estimate of drug-likeness (QED) is 0.780. The average Bonchev–Trinajstić information content (AvgIpc) is 2.46. The molecular weight excluding hydrogens is 377 g/mol. The van der Waals surface area contributed by atoms with E-state index in [0.717, 1.165) is 6.26 Å². The van der Waals surface area contributed by atoms with Crippen molar-refractivity contribution in [3.05, 3.63) is 52.5 Å². The first kappa shape index (κ1) is 18.1. The lowest BCUT2D eigenvalue weighted by molar-refractivity contribution is -0.113. The maximum absolute atomic E-state index is 12.0. The molecule has 23 heavy (non-hydrogen) atoms. The van der Waals surface area contributed by atoms with E-state index in [2.05, 4.69) is 5.32 Å². The molecule has 0 saturated carbocycles. The highest BCUT2D eigenvalue weighted by atomic mass is 35.5. The minimum absolute atomic E-state index is 0.136. The van der Waals surface area contributed by atoms with E-state index in [9.17, 15) is 13.2 Å². The van der Waals surface area contributed by atoms with Crippen LogP contribution in [0.4, 0.5) is 5.69 Å². The van der Waals surface area contributed by atoms with Gasteiger partial charge >= 0.3 is 0 Å². The van der Waals surface area contributed by atoms with Crippen molar-refractivity contribution < 1.29 is 13.2 Å². The van der Waals surface area contributed by atoms with Crippen molar-refractivity contribution in [3.8, 4) is 0 Å². The Morgan fingerprint density at radius 2 is 1.65 bits per heavy atom. The standard InChI is InChI=1S/C15H13Cl2NO3S2/c1-23(20,21)11-7-5-10(6-8-11)18-14(19)9-22-15-12(16)3-2-4-13(15)17/h2-8H,9H2,1H3,(H,18,19). The number of rotatable bonds is 5. The normalized spacial score (nSPS) is 11.3. The molecule has 0 aromatic heterocycles.